The van der Waals surface area contributed by atoms with Gasteiger partial charge >= 0.3 is 0 Å². The minimum Gasteiger partial charge on any atom is -0.497 e. The van der Waals surface area contributed by atoms with Crippen LogP contribution in [-0.4, -0.2) is 59.0 Å². The number of methoxy groups -OCH3 is 1. The van der Waals surface area contributed by atoms with E-state index in [4.69, 9.17) is 4.74 Å². The third kappa shape index (κ3) is 3.12. The van der Waals surface area contributed by atoms with E-state index in [1.807, 2.05) is 24.3 Å². The predicted octanol–water partition coefficient (Wildman–Crippen LogP) is 4.88. The van der Waals surface area contributed by atoms with Crippen molar-refractivity contribution in [1.82, 2.24) is 14.8 Å². The fourth-order valence-corrected chi connectivity index (χ4v) is 7.31. The Hall–Kier alpha value is -2.79. The number of hydrogen-bond donors (Lipinski definition) is 1. The molecular weight excluding hydrogens is 410 g/mol. The number of nitrogens with one attached hydrogen (secondary N) is 1. The molecule has 2 bridgehead atoms. The van der Waals surface area contributed by atoms with Gasteiger partial charge in [0.2, 0.25) is 0 Å². The zero-order chi connectivity index (χ0) is 22.7. The van der Waals surface area contributed by atoms with E-state index in [9.17, 15) is 4.79 Å². The number of rotatable bonds is 4. The molecule has 3 aliphatic rings. The van der Waals surface area contributed by atoms with E-state index in [1.54, 1.807) is 7.11 Å². The van der Waals surface area contributed by atoms with Crippen molar-refractivity contribution >= 4 is 16.8 Å². The first-order valence-electron chi connectivity index (χ1n) is 12.2. The minimum absolute atomic E-state index is 0.142. The van der Waals surface area contributed by atoms with Crippen LogP contribution in [0.2, 0.25) is 0 Å². The van der Waals surface area contributed by atoms with E-state index in [-0.39, 0.29) is 23.4 Å². The molecule has 1 aliphatic carbocycles. The first-order chi connectivity index (χ1) is 16.0. The SMILES string of the molecule is COc1ccc2[nH]c(C(=O)N3[C@@H](Cc4ccccc4)[C@@H]4C[C@@]5(C)[C@H](CCC[C@@H]35)N4C)cc2c1. The van der Waals surface area contributed by atoms with Gasteiger partial charge in [0, 0.05) is 34.4 Å². The van der Waals surface area contributed by atoms with Crippen LogP contribution in [0.15, 0.2) is 54.6 Å². The van der Waals surface area contributed by atoms with Gasteiger partial charge in [0.1, 0.15) is 11.4 Å². The molecule has 1 N–H and O–H groups in total. The molecule has 1 amide bonds. The van der Waals surface area contributed by atoms with E-state index in [0.29, 0.717) is 17.8 Å². The summed E-state index contributed by atoms with van der Waals surface area (Å²) in [6, 6.07) is 20.0. The highest BCUT2D eigenvalue weighted by Gasteiger charge is 2.62. The second-order valence-corrected chi connectivity index (χ2v) is 10.5. The Morgan fingerprint density at radius 3 is 2.70 bits per heavy atom. The second-order valence-electron chi connectivity index (χ2n) is 10.5. The van der Waals surface area contributed by atoms with Crippen LogP contribution in [0, 0.1) is 5.41 Å². The van der Waals surface area contributed by atoms with E-state index in [2.05, 4.69) is 59.1 Å². The molecular formula is C28H33N3O2. The Balaban J connectivity index is 1.43. The Bertz CT molecular complexity index is 1190. The zero-order valence-corrected chi connectivity index (χ0v) is 19.8. The molecule has 3 fully saturated rings. The number of likely N-dealkylation sites (N-methyl/N-ethyl adjacent to an activating group) is 1. The molecule has 172 valence electrons. The van der Waals surface area contributed by atoms with E-state index >= 15 is 0 Å². The number of aromatic amines is 1. The lowest BCUT2D eigenvalue weighted by Gasteiger charge is -2.53. The summed E-state index contributed by atoms with van der Waals surface area (Å²) in [5.74, 6) is 0.950. The van der Waals surface area contributed by atoms with Crippen LogP contribution in [0.4, 0.5) is 0 Å². The van der Waals surface area contributed by atoms with Gasteiger partial charge in [0.25, 0.3) is 5.91 Å². The molecule has 5 heteroatoms. The molecule has 33 heavy (non-hydrogen) atoms. The monoisotopic (exact) mass is 443 g/mol. The average molecular weight is 444 g/mol. The number of aromatic nitrogens is 1. The highest BCUT2D eigenvalue weighted by atomic mass is 16.5. The number of carbonyl (C=O) groups is 1. The number of carbonyl (C=O) groups excluding carboxylic acids is 1. The van der Waals surface area contributed by atoms with Crippen LogP contribution in [0.25, 0.3) is 10.9 Å². The van der Waals surface area contributed by atoms with Crippen LogP contribution in [0.3, 0.4) is 0 Å². The maximum Gasteiger partial charge on any atom is 0.270 e. The van der Waals surface area contributed by atoms with Crippen molar-refractivity contribution in [2.75, 3.05) is 14.2 Å². The summed E-state index contributed by atoms with van der Waals surface area (Å²) in [5.41, 5.74) is 3.13. The van der Waals surface area contributed by atoms with Crippen molar-refractivity contribution in [2.45, 2.75) is 63.2 Å². The Morgan fingerprint density at radius 1 is 1.12 bits per heavy atom. The summed E-state index contributed by atoms with van der Waals surface area (Å²) in [6.07, 6.45) is 5.61. The maximum absolute atomic E-state index is 14.2. The number of nitrogens with zero attached hydrogens (tertiary/aromatic N) is 2. The largest absolute Gasteiger partial charge is 0.497 e. The highest BCUT2D eigenvalue weighted by molar-refractivity contribution is 5.99. The van der Waals surface area contributed by atoms with Gasteiger partial charge < -0.3 is 14.6 Å². The minimum atomic E-state index is 0.142. The first kappa shape index (κ1) is 20.8. The van der Waals surface area contributed by atoms with Crippen molar-refractivity contribution in [1.29, 1.82) is 0 Å². The molecule has 5 atom stereocenters. The molecule has 2 aliphatic heterocycles. The average Bonchev–Trinajstić information content (AvgIpc) is 3.37. The fraction of sp³-hybridized carbons (Fsp3) is 0.464. The summed E-state index contributed by atoms with van der Waals surface area (Å²) in [7, 11) is 3.97. The molecule has 5 nitrogen and oxygen atoms in total. The molecule has 1 saturated carbocycles. The van der Waals surface area contributed by atoms with Crippen molar-refractivity contribution in [3.8, 4) is 5.75 Å². The number of fused-ring (bicyclic) bond motifs is 2. The van der Waals surface area contributed by atoms with Crippen LogP contribution in [0.1, 0.15) is 48.7 Å². The van der Waals surface area contributed by atoms with Crippen molar-refractivity contribution in [3.05, 3.63) is 65.9 Å². The molecule has 3 heterocycles. The molecule has 0 radical (unpaired) electrons. The van der Waals surface area contributed by atoms with Gasteiger partial charge in [-0.15, -0.1) is 0 Å². The zero-order valence-electron chi connectivity index (χ0n) is 19.8. The van der Waals surface area contributed by atoms with Crippen LogP contribution in [0.5, 0.6) is 5.75 Å². The van der Waals surface area contributed by atoms with Gasteiger partial charge in [0.05, 0.1) is 13.2 Å². The molecule has 0 spiro atoms. The van der Waals surface area contributed by atoms with Crippen LogP contribution >= 0.6 is 0 Å². The molecule has 6 rings (SSSR count). The number of H-pyrrole nitrogens is 1. The van der Waals surface area contributed by atoms with Gasteiger partial charge in [-0.05, 0) is 69.0 Å². The Morgan fingerprint density at radius 2 is 1.91 bits per heavy atom. The van der Waals surface area contributed by atoms with Crippen molar-refractivity contribution < 1.29 is 9.53 Å². The number of likely N-dealkylation sites (tertiary alicyclic amines) is 2. The van der Waals surface area contributed by atoms with Crippen LogP contribution < -0.4 is 4.74 Å². The standard InChI is InChI=1S/C28H33N3O2/c1-28-17-24-23(14-18-8-5-4-6-9-18)31(26(28)11-7-10-25(28)30(24)2)27(32)22-16-19-15-20(33-3)12-13-21(19)29-22/h4-6,8-9,12-13,15-16,23-26,29H,7,10-11,14,17H2,1-3H3/t23-,24-,25-,26+,28-/m0/s1. The van der Waals surface area contributed by atoms with E-state index in [0.717, 1.165) is 29.5 Å². The van der Waals surface area contributed by atoms with Crippen molar-refractivity contribution in [2.24, 2.45) is 5.41 Å². The van der Waals surface area contributed by atoms with E-state index in [1.165, 1.54) is 24.8 Å². The smallest absolute Gasteiger partial charge is 0.270 e. The van der Waals surface area contributed by atoms with Gasteiger partial charge in [-0.25, -0.2) is 0 Å². The number of piperidine rings is 1. The molecule has 3 aromatic rings. The van der Waals surface area contributed by atoms with Crippen LogP contribution in [-0.2, 0) is 6.42 Å². The number of ether oxygens (including phenoxy) is 1. The third-order valence-electron chi connectivity index (χ3n) is 8.86. The first-order valence-corrected chi connectivity index (χ1v) is 12.2. The van der Waals surface area contributed by atoms with Gasteiger partial charge in [0.15, 0.2) is 0 Å². The second kappa shape index (κ2) is 7.63. The lowest BCUT2D eigenvalue weighted by molar-refractivity contribution is -0.0114. The summed E-state index contributed by atoms with van der Waals surface area (Å²) in [6.45, 7) is 2.44. The lowest BCUT2D eigenvalue weighted by Crippen LogP contribution is -2.62. The summed E-state index contributed by atoms with van der Waals surface area (Å²) in [4.78, 5) is 22.6. The molecule has 0 unspecified atom stereocenters. The molecule has 2 aromatic carbocycles. The third-order valence-corrected chi connectivity index (χ3v) is 8.86. The lowest BCUT2D eigenvalue weighted by atomic mass is 9.64. The number of hydrogen-bond acceptors (Lipinski definition) is 3. The Labute approximate surface area is 195 Å². The summed E-state index contributed by atoms with van der Waals surface area (Å²) < 4.78 is 5.39. The number of amides is 1. The summed E-state index contributed by atoms with van der Waals surface area (Å²) in [5, 5.41) is 1.02. The fourth-order valence-electron chi connectivity index (χ4n) is 7.31. The maximum atomic E-state index is 14.2. The quantitative estimate of drug-likeness (QED) is 0.626. The molecule has 1 aromatic heterocycles. The van der Waals surface area contributed by atoms with Gasteiger partial charge in [-0.1, -0.05) is 37.3 Å². The van der Waals surface area contributed by atoms with Gasteiger partial charge in [-0.2, -0.15) is 0 Å². The summed E-state index contributed by atoms with van der Waals surface area (Å²) >= 11 is 0. The predicted molar refractivity (Wildman–Crippen MR) is 131 cm³/mol. The molecule has 2 saturated heterocycles. The topological polar surface area (TPSA) is 48.6 Å². The normalized spacial score (nSPS) is 31.2. The van der Waals surface area contributed by atoms with Gasteiger partial charge in [-0.3, -0.25) is 9.69 Å². The number of benzene rings is 2. The Kier molecular flexibility index (Phi) is 4.80. The van der Waals surface area contributed by atoms with E-state index < -0.39 is 0 Å². The van der Waals surface area contributed by atoms with Crippen molar-refractivity contribution in [3.63, 3.8) is 0 Å². The highest BCUT2D eigenvalue weighted by Crippen LogP contribution is 2.56.